The highest BCUT2D eigenvalue weighted by Crippen LogP contribution is 2.34. The van der Waals surface area contributed by atoms with E-state index in [1.165, 1.54) is 12.8 Å². The molecule has 2 aromatic rings. The maximum atomic E-state index is 5.68. The topological polar surface area (TPSA) is 99.7 Å². The van der Waals surface area contributed by atoms with E-state index in [0.717, 1.165) is 68.6 Å². The summed E-state index contributed by atoms with van der Waals surface area (Å²) in [5.74, 6) is 1.69. The number of quaternary nitrogens is 1. The fourth-order valence-electron chi connectivity index (χ4n) is 3.52. The molecule has 160 valence electrons. The van der Waals surface area contributed by atoms with Crippen LogP contribution in [0.3, 0.4) is 0 Å². The number of rotatable bonds is 10. The third-order valence-corrected chi connectivity index (χ3v) is 5.06. The van der Waals surface area contributed by atoms with Gasteiger partial charge in [0.1, 0.15) is 11.4 Å². The van der Waals surface area contributed by atoms with Crippen molar-refractivity contribution in [3.05, 3.63) is 30.6 Å². The molecule has 0 radical (unpaired) electrons. The second-order valence-electron chi connectivity index (χ2n) is 7.08. The van der Waals surface area contributed by atoms with Gasteiger partial charge in [0.05, 0.1) is 44.8 Å². The van der Waals surface area contributed by atoms with Crippen molar-refractivity contribution >= 4 is 17.3 Å². The van der Waals surface area contributed by atoms with Crippen LogP contribution in [0.2, 0.25) is 0 Å². The molecule has 1 fully saturated rings. The van der Waals surface area contributed by atoms with Gasteiger partial charge in [0.2, 0.25) is 0 Å². The molecule has 5 N–H and O–H groups in total. The average molecular weight is 467 g/mol. The van der Waals surface area contributed by atoms with E-state index in [2.05, 4.69) is 42.3 Å². The average Bonchev–Trinajstić information content (AvgIpc) is 3.39. The van der Waals surface area contributed by atoms with Gasteiger partial charge in [-0.15, -0.1) is 0 Å². The Bertz CT molecular complexity index is 762. The predicted molar refractivity (Wildman–Crippen MR) is 109 cm³/mol. The van der Waals surface area contributed by atoms with E-state index in [-0.39, 0.29) is 17.0 Å². The Labute approximate surface area is 183 Å². The Morgan fingerprint density at radius 3 is 2.69 bits per heavy atom. The molecule has 0 saturated carbocycles. The van der Waals surface area contributed by atoms with Crippen LogP contribution in [0.4, 0.5) is 17.3 Å². The van der Waals surface area contributed by atoms with Crippen molar-refractivity contribution in [3.63, 3.8) is 0 Å². The quantitative estimate of drug-likeness (QED) is 0.339. The lowest BCUT2D eigenvalue weighted by Crippen LogP contribution is -3.00. The van der Waals surface area contributed by atoms with Crippen LogP contribution < -0.4 is 42.7 Å². The van der Waals surface area contributed by atoms with E-state index >= 15 is 0 Å². The molecule has 0 bridgehead atoms. The molecule has 9 heteroatoms. The van der Waals surface area contributed by atoms with Crippen molar-refractivity contribution < 1.29 is 32.0 Å². The highest BCUT2D eigenvalue weighted by molar-refractivity contribution is 5.64. The smallest absolute Gasteiger partial charge is 0.421 e. The Kier molecular flexibility index (Phi) is 9.56. The molecule has 29 heavy (non-hydrogen) atoms. The summed E-state index contributed by atoms with van der Waals surface area (Å²) in [4.78, 5) is 2.37. The van der Waals surface area contributed by atoms with Crippen LogP contribution in [0, 0.1) is 0 Å². The second kappa shape index (κ2) is 11.9. The number of imidazole rings is 1. The molecular weight excluding hydrogens is 434 g/mol. The number of benzene rings is 1. The molecule has 1 aliphatic heterocycles. The first-order valence-corrected chi connectivity index (χ1v) is 10.2. The van der Waals surface area contributed by atoms with E-state index in [1.54, 1.807) is 7.11 Å². The highest BCUT2D eigenvalue weighted by Gasteiger charge is 2.19. The lowest BCUT2D eigenvalue weighted by atomic mass is 10.2. The molecular formula is C20H33BrN7O+. The number of halogens is 1. The first kappa shape index (κ1) is 23.3. The lowest BCUT2D eigenvalue weighted by molar-refractivity contribution is -0.686. The van der Waals surface area contributed by atoms with Gasteiger partial charge in [-0.3, -0.25) is 0 Å². The molecule has 0 unspecified atom stereocenters. The summed E-state index contributed by atoms with van der Waals surface area (Å²) in [5, 5.41) is 9.07. The number of azo groups is 1. The molecule has 1 aromatic carbocycles. The Morgan fingerprint density at radius 1 is 1.21 bits per heavy atom. The van der Waals surface area contributed by atoms with Gasteiger partial charge in [0, 0.05) is 30.7 Å². The first-order valence-electron chi connectivity index (χ1n) is 10.2. The minimum Gasteiger partial charge on any atom is -1.00 e. The molecule has 0 amide bonds. The highest BCUT2D eigenvalue weighted by atomic mass is 79.9. The molecule has 8 nitrogen and oxygen atoms in total. The van der Waals surface area contributed by atoms with Gasteiger partial charge in [-0.2, -0.15) is 0 Å². The largest absolute Gasteiger partial charge is 1.00 e. The monoisotopic (exact) mass is 466 g/mol. The fraction of sp³-hybridized carbons (Fsp3) is 0.550. The maximum Gasteiger partial charge on any atom is 0.421 e. The Morgan fingerprint density at radius 2 is 2.00 bits per heavy atom. The number of methoxy groups -OCH3 is 1. The summed E-state index contributed by atoms with van der Waals surface area (Å²) in [7, 11) is 1.71. The van der Waals surface area contributed by atoms with Gasteiger partial charge in [-0.1, -0.05) is 5.11 Å². The molecule has 0 atom stereocenters. The minimum atomic E-state index is 0. The predicted octanol–water partition coefficient (Wildman–Crippen LogP) is -1.22. The first-order chi connectivity index (χ1) is 13.8. The fourth-order valence-corrected chi connectivity index (χ4v) is 3.52. The van der Waals surface area contributed by atoms with Crippen LogP contribution in [-0.2, 0) is 13.1 Å². The van der Waals surface area contributed by atoms with Crippen LogP contribution >= 0.6 is 0 Å². The number of anilines is 1. The number of ether oxygens (including phenoxy) is 1. The number of hydrogen-bond acceptors (Lipinski definition) is 5. The Hall–Kier alpha value is -1.97. The van der Waals surface area contributed by atoms with Crippen molar-refractivity contribution in [2.75, 3.05) is 38.2 Å². The van der Waals surface area contributed by atoms with Crippen molar-refractivity contribution in [1.29, 1.82) is 0 Å². The molecule has 2 heterocycles. The van der Waals surface area contributed by atoms with Crippen LogP contribution in [0.25, 0.3) is 0 Å². The second-order valence-corrected chi connectivity index (χ2v) is 7.08. The lowest BCUT2D eigenvalue weighted by Gasteiger charge is -2.20. The third-order valence-electron chi connectivity index (χ3n) is 5.06. The SMILES string of the molecule is COc1cc(N=Nc2n(CCCN)cc[n+]2CCC[NH3+])ccc1N1CCCC1.[Br-]. The van der Waals surface area contributed by atoms with Crippen LogP contribution in [-0.4, -0.2) is 37.9 Å². The summed E-state index contributed by atoms with van der Waals surface area (Å²) in [6.07, 6.45) is 8.48. The van der Waals surface area contributed by atoms with Gasteiger partial charge in [0.15, 0.2) is 0 Å². The zero-order valence-electron chi connectivity index (χ0n) is 17.3. The molecule has 1 aromatic heterocycles. The van der Waals surface area contributed by atoms with E-state index in [1.807, 2.05) is 18.3 Å². The van der Waals surface area contributed by atoms with Gasteiger partial charge in [-0.05, 0) is 37.9 Å². The van der Waals surface area contributed by atoms with Gasteiger partial charge < -0.3 is 38.1 Å². The van der Waals surface area contributed by atoms with Crippen LogP contribution in [0.5, 0.6) is 5.75 Å². The number of nitrogens with zero attached hydrogens (tertiary/aromatic N) is 5. The van der Waals surface area contributed by atoms with Gasteiger partial charge >= 0.3 is 5.95 Å². The molecule has 0 aliphatic carbocycles. The van der Waals surface area contributed by atoms with Crippen molar-refractivity contribution in [3.8, 4) is 5.75 Å². The van der Waals surface area contributed by atoms with E-state index < -0.39 is 0 Å². The van der Waals surface area contributed by atoms with Crippen LogP contribution in [0.15, 0.2) is 40.8 Å². The van der Waals surface area contributed by atoms with E-state index in [4.69, 9.17) is 10.5 Å². The Balaban J connectivity index is 0.00000300. The molecule has 1 saturated heterocycles. The molecule has 3 rings (SSSR count). The minimum absolute atomic E-state index is 0. The summed E-state index contributed by atoms with van der Waals surface area (Å²) < 4.78 is 9.85. The number of aryl methyl sites for hydroxylation is 2. The van der Waals surface area contributed by atoms with E-state index in [0.29, 0.717) is 6.54 Å². The summed E-state index contributed by atoms with van der Waals surface area (Å²) in [6.45, 7) is 5.43. The van der Waals surface area contributed by atoms with Crippen molar-refractivity contribution in [1.82, 2.24) is 4.57 Å². The number of hydrogen-bond donors (Lipinski definition) is 2. The van der Waals surface area contributed by atoms with Gasteiger partial charge in [0.25, 0.3) is 0 Å². The number of aromatic nitrogens is 2. The van der Waals surface area contributed by atoms with E-state index in [9.17, 15) is 0 Å². The summed E-state index contributed by atoms with van der Waals surface area (Å²) in [6, 6.07) is 6.06. The summed E-state index contributed by atoms with van der Waals surface area (Å²) >= 11 is 0. The third kappa shape index (κ3) is 6.01. The zero-order chi connectivity index (χ0) is 19.8. The van der Waals surface area contributed by atoms with Crippen LogP contribution in [0.1, 0.15) is 25.7 Å². The maximum absolute atomic E-state index is 5.68. The van der Waals surface area contributed by atoms with Gasteiger partial charge in [-0.25, -0.2) is 9.13 Å². The zero-order valence-corrected chi connectivity index (χ0v) is 18.9. The molecule has 0 spiro atoms. The van der Waals surface area contributed by atoms with Crippen molar-refractivity contribution in [2.45, 2.75) is 38.8 Å². The molecule has 1 aliphatic rings. The summed E-state index contributed by atoms with van der Waals surface area (Å²) in [5.41, 5.74) is 11.5. The number of nitrogens with two attached hydrogens (primary N) is 1. The van der Waals surface area contributed by atoms with Crippen molar-refractivity contribution in [2.24, 2.45) is 16.0 Å². The standard InChI is InChI=1S/C20H32N7O.BrH/c1-28-19-16-17(6-7-18(19)25-10-2-3-11-25)23-24-20-26(12-4-8-21)14-15-27(20)13-5-9-22;/h6-7,14-16H,2-5,8-13,21-22H2,1H3;1H/q+1;. The normalized spacial score (nSPS) is 13.8.